The van der Waals surface area contributed by atoms with Crippen LogP contribution in [0.1, 0.15) is 0 Å². The van der Waals surface area contributed by atoms with E-state index >= 15 is 0 Å². The first-order chi connectivity index (χ1) is 34.2. The lowest BCUT2D eigenvalue weighted by Crippen LogP contribution is -2.00. The summed E-state index contributed by atoms with van der Waals surface area (Å²) >= 11 is 0. The Hall–Kier alpha value is -9.39. The topological polar surface area (TPSA) is 69.9 Å². The van der Waals surface area contributed by atoms with Crippen molar-refractivity contribution in [3.8, 4) is 73.2 Å². The third-order valence-corrected chi connectivity index (χ3v) is 13.4. The van der Waals surface area contributed by atoms with E-state index in [0.29, 0.717) is 17.5 Å². The van der Waals surface area contributed by atoms with Gasteiger partial charge in [-0.25, -0.2) is 15.0 Å². The number of furan rings is 2. The molecule has 0 radical (unpaired) electrons. The fourth-order valence-electron chi connectivity index (χ4n) is 10.2. The summed E-state index contributed by atoms with van der Waals surface area (Å²) < 4.78 is 16.0. The summed E-state index contributed by atoms with van der Waals surface area (Å²) in [5.41, 5.74) is 15.5. The lowest BCUT2D eigenvalue weighted by atomic mass is 9.94. The van der Waals surface area contributed by atoms with Crippen molar-refractivity contribution in [2.24, 2.45) is 0 Å². The second-order valence-electron chi connectivity index (χ2n) is 17.5. The second-order valence-corrected chi connectivity index (χ2v) is 17.5. The SMILES string of the molecule is c1ccc(-c2ccc(-c3nc(-c4ccccc4)nc(-c4cc(-c5cc(-n6c7ccccc7c7cc(-c8ccccc8)ccc76)c6oc7ccccc7c6c5)c5c(c4)oc4ccccc45)n3)cc2)cc1. The standard InChI is InChI=1S/C63H38N4O2/c1-4-16-39(17-5-1)41-28-30-43(31-29-41)62-64-61(42-20-8-3-9-21-42)65-63(66-62)46-36-50(59-49-24-12-15-27-57(49)68-58(59)38-46)45-35-52-48-23-11-14-26-56(48)69-60(52)55(37-45)67-53-25-13-10-22-47(53)51-34-44(32-33-54(51)67)40-18-6-2-7-19-40/h1-38H. The summed E-state index contributed by atoms with van der Waals surface area (Å²) in [6.07, 6.45) is 0. The van der Waals surface area contributed by atoms with Gasteiger partial charge in [0, 0.05) is 49.0 Å². The molecular formula is C63H38N4O2. The van der Waals surface area contributed by atoms with E-state index in [2.05, 4.69) is 180 Å². The number of aromatic nitrogens is 4. The third kappa shape index (κ3) is 6.45. The Bertz CT molecular complexity index is 4290. The molecule has 0 saturated carbocycles. The van der Waals surface area contributed by atoms with E-state index in [9.17, 15) is 0 Å². The van der Waals surface area contributed by atoms with Gasteiger partial charge in [-0.3, -0.25) is 0 Å². The van der Waals surface area contributed by atoms with Crippen molar-refractivity contribution in [2.45, 2.75) is 0 Å². The lowest BCUT2D eigenvalue weighted by Gasteiger charge is -2.14. The van der Waals surface area contributed by atoms with Crippen LogP contribution in [0, 0.1) is 0 Å². The zero-order valence-corrected chi connectivity index (χ0v) is 37.0. The first kappa shape index (κ1) is 38.8. The van der Waals surface area contributed by atoms with Gasteiger partial charge in [-0.15, -0.1) is 0 Å². The van der Waals surface area contributed by atoms with Crippen LogP contribution in [0.15, 0.2) is 239 Å². The van der Waals surface area contributed by atoms with Crippen LogP contribution in [-0.4, -0.2) is 19.5 Å². The van der Waals surface area contributed by atoms with Crippen LogP contribution in [0.5, 0.6) is 0 Å². The number of hydrogen-bond donors (Lipinski definition) is 0. The second kappa shape index (κ2) is 15.6. The molecule has 14 rings (SSSR count). The van der Waals surface area contributed by atoms with Gasteiger partial charge in [0.1, 0.15) is 16.7 Å². The number of hydrogen-bond acceptors (Lipinski definition) is 5. The zero-order valence-electron chi connectivity index (χ0n) is 37.0. The highest BCUT2D eigenvalue weighted by molar-refractivity contribution is 6.17. The molecule has 0 N–H and O–H groups in total. The van der Waals surface area contributed by atoms with E-state index in [1.165, 1.54) is 21.9 Å². The Kier molecular flexibility index (Phi) is 8.79. The Balaban J connectivity index is 1.03. The molecule has 10 aromatic carbocycles. The summed E-state index contributed by atoms with van der Waals surface area (Å²) in [5, 5.41) is 6.43. The van der Waals surface area contributed by atoms with Gasteiger partial charge >= 0.3 is 0 Å². The van der Waals surface area contributed by atoms with Gasteiger partial charge in [0.2, 0.25) is 0 Å². The third-order valence-electron chi connectivity index (χ3n) is 13.4. The highest BCUT2D eigenvalue weighted by Gasteiger charge is 2.23. The van der Waals surface area contributed by atoms with Gasteiger partial charge in [0.25, 0.3) is 0 Å². The number of rotatable bonds is 7. The molecule has 0 fully saturated rings. The molecule has 4 aromatic heterocycles. The maximum atomic E-state index is 6.90. The van der Waals surface area contributed by atoms with Crippen LogP contribution in [-0.2, 0) is 0 Å². The van der Waals surface area contributed by atoms with Gasteiger partial charge in [-0.2, -0.15) is 0 Å². The summed E-state index contributed by atoms with van der Waals surface area (Å²) in [4.78, 5) is 15.6. The monoisotopic (exact) mass is 882 g/mol. The fraction of sp³-hybridized carbons (Fsp3) is 0. The predicted molar refractivity (Wildman–Crippen MR) is 281 cm³/mol. The summed E-state index contributed by atoms with van der Waals surface area (Å²) in [5.74, 6) is 1.71. The molecule has 0 saturated heterocycles. The molecule has 0 atom stereocenters. The first-order valence-electron chi connectivity index (χ1n) is 23.2. The normalized spacial score (nSPS) is 11.8. The maximum Gasteiger partial charge on any atom is 0.164 e. The molecule has 0 aliphatic rings. The first-order valence-corrected chi connectivity index (χ1v) is 23.2. The molecule has 322 valence electrons. The molecule has 0 spiro atoms. The Morgan fingerprint density at radius 2 is 0.783 bits per heavy atom. The summed E-state index contributed by atoms with van der Waals surface area (Å²) in [7, 11) is 0. The average molecular weight is 883 g/mol. The molecule has 69 heavy (non-hydrogen) atoms. The van der Waals surface area contributed by atoms with E-state index < -0.39 is 0 Å². The van der Waals surface area contributed by atoms with E-state index in [1.807, 2.05) is 54.6 Å². The number of benzene rings is 10. The van der Waals surface area contributed by atoms with Gasteiger partial charge in [-0.05, 0) is 88.0 Å². The maximum absolute atomic E-state index is 6.90. The molecule has 14 aromatic rings. The molecule has 0 aliphatic carbocycles. The average Bonchev–Trinajstić information content (AvgIpc) is 4.10. The quantitative estimate of drug-likeness (QED) is 0.159. The van der Waals surface area contributed by atoms with Crippen LogP contribution >= 0.6 is 0 Å². The van der Waals surface area contributed by atoms with Crippen molar-refractivity contribution in [1.82, 2.24) is 19.5 Å². The van der Waals surface area contributed by atoms with Crippen LogP contribution in [0.2, 0.25) is 0 Å². The fourth-order valence-corrected chi connectivity index (χ4v) is 10.2. The van der Waals surface area contributed by atoms with Crippen molar-refractivity contribution in [3.05, 3.63) is 231 Å². The van der Waals surface area contributed by atoms with Crippen LogP contribution < -0.4 is 0 Å². The van der Waals surface area contributed by atoms with Gasteiger partial charge < -0.3 is 13.4 Å². The summed E-state index contributed by atoms with van der Waals surface area (Å²) in [6.45, 7) is 0. The zero-order chi connectivity index (χ0) is 45.4. The molecular weight excluding hydrogens is 845 g/mol. The minimum atomic E-state index is 0.543. The molecule has 0 unspecified atom stereocenters. The van der Waals surface area contributed by atoms with E-state index in [4.69, 9.17) is 23.8 Å². The molecule has 0 bridgehead atoms. The molecule has 6 heteroatoms. The van der Waals surface area contributed by atoms with Crippen LogP contribution in [0.3, 0.4) is 0 Å². The van der Waals surface area contributed by atoms with Crippen molar-refractivity contribution in [1.29, 1.82) is 0 Å². The van der Waals surface area contributed by atoms with Crippen molar-refractivity contribution in [2.75, 3.05) is 0 Å². The Labute approximate surface area is 396 Å². The minimum absolute atomic E-state index is 0.543. The molecule has 0 amide bonds. The minimum Gasteiger partial charge on any atom is -0.456 e. The Morgan fingerprint density at radius 3 is 1.49 bits per heavy atom. The smallest absolute Gasteiger partial charge is 0.164 e. The van der Waals surface area contributed by atoms with E-state index in [-0.39, 0.29) is 0 Å². The van der Waals surface area contributed by atoms with Crippen molar-refractivity contribution in [3.63, 3.8) is 0 Å². The van der Waals surface area contributed by atoms with Gasteiger partial charge in [0.15, 0.2) is 23.1 Å². The number of nitrogens with zero attached hydrogens (tertiary/aromatic N) is 4. The van der Waals surface area contributed by atoms with E-state index in [1.54, 1.807) is 0 Å². The van der Waals surface area contributed by atoms with Crippen LogP contribution in [0.25, 0.3) is 139 Å². The van der Waals surface area contributed by atoms with Crippen molar-refractivity contribution >= 4 is 65.7 Å². The molecule has 4 heterocycles. The predicted octanol–water partition coefficient (Wildman–Crippen LogP) is 16.8. The van der Waals surface area contributed by atoms with Crippen LogP contribution in [0.4, 0.5) is 0 Å². The summed E-state index contributed by atoms with van der Waals surface area (Å²) in [6, 6.07) is 80.4. The van der Waals surface area contributed by atoms with E-state index in [0.717, 1.165) is 99.5 Å². The van der Waals surface area contributed by atoms with Gasteiger partial charge in [-0.1, -0.05) is 176 Å². The largest absolute Gasteiger partial charge is 0.456 e. The highest BCUT2D eigenvalue weighted by Crippen LogP contribution is 2.45. The molecule has 6 nitrogen and oxygen atoms in total. The number of para-hydroxylation sites is 3. The number of fused-ring (bicyclic) bond motifs is 9. The lowest BCUT2D eigenvalue weighted by molar-refractivity contribution is 0.666. The highest BCUT2D eigenvalue weighted by atomic mass is 16.3. The van der Waals surface area contributed by atoms with Crippen molar-refractivity contribution < 1.29 is 8.83 Å². The Morgan fingerprint density at radius 1 is 0.290 bits per heavy atom. The molecule has 0 aliphatic heterocycles. The van der Waals surface area contributed by atoms with Gasteiger partial charge in [0.05, 0.1) is 16.7 Å².